The van der Waals surface area contributed by atoms with Crippen LogP contribution in [0.25, 0.3) is 6.08 Å². The van der Waals surface area contributed by atoms with Gasteiger partial charge in [0, 0.05) is 12.1 Å². The van der Waals surface area contributed by atoms with E-state index in [1.165, 1.54) is 0 Å². The first-order valence-electron chi connectivity index (χ1n) is 8.63. The summed E-state index contributed by atoms with van der Waals surface area (Å²) in [5, 5.41) is 0.974. The molecule has 28 heavy (non-hydrogen) atoms. The normalized spacial score (nSPS) is 14.3. The van der Waals surface area contributed by atoms with E-state index < -0.39 is 0 Å². The fraction of sp³-hybridized carbons (Fsp3) is 0.136. The van der Waals surface area contributed by atoms with Gasteiger partial charge in [0.2, 0.25) is 5.78 Å². The van der Waals surface area contributed by atoms with E-state index in [0.29, 0.717) is 39.5 Å². The molecule has 0 fully saturated rings. The molecule has 142 valence electrons. The second kappa shape index (κ2) is 7.38. The van der Waals surface area contributed by atoms with Crippen LogP contribution in [0.3, 0.4) is 0 Å². The first kappa shape index (κ1) is 18.7. The quantitative estimate of drug-likeness (QED) is 0.463. The summed E-state index contributed by atoms with van der Waals surface area (Å²) in [4.78, 5) is 12.7. The van der Waals surface area contributed by atoms with Gasteiger partial charge in [-0.1, -0.05) is 29.3 Å². The van der Waals surface area contributed by atoms with Gasteiger partial charge in [-0.25, -0.2) is 0 Å². The zero-order valence-electron chi connectivity index (χ0n) is 15.2. The minimum Gasteiger partial charge on any atom is -0.489 e. The molecule has 0 bridgehead atoms. The van der Waals surface area contributed by atoms with Crippen molar-refractivity contribution in [3.05, 3.63) is 86.5 Å². The molecule has 2 heterocycles. The average molecular weight is 415 g/mol. The van der Waals surface area contributed by atoms with Crippen molar-refractivity contribution in [3.8, 4) is 11.5 Å². The SMILES string of the molecule is Cc1ccc(/C=C2\Oc3cc(OCc4ccc(Cl)c(Cl)c4)cc(C)c3C2=O)o1. The van der Waals surface area contributed by atoms with Gasteiger partial charge >= 0.3 is 0 Å². The van der Waals surface area contributed by atoms with Crippen molar-refractivity contribution in [2.75, 3.05) is 0 Å². The summed E-state index contributed by atoms with van der Waals surface area (Å²) in [6.07, 6.45) is 1.60. The maximum atomic E-state index is 12.7. The van der Waals surface area contributed by atoms with E-state index in [-0.39, 0.29) is 11.5 Å². The summed E-state index contributed by atoms with van der Waals surface area (Å²) in [6.45, 7) is 4.01. The topological polar surface area (TPSA) is 48.7 Å². The van der Waals surface area contributed by atoms with Crippen LogP contribution in [0.2, 0.25) is 10.0 Å². The zero-order valence-corrected chi connectivity index (χ0v) is 16.7. The molecule has 0 radical (unpaired) electrons. The number of allylic oxidation sites excluding steroid dienone is 1. The van der Waals surface area contributed by atoms with Crippen molar-refractivity contribution in [2.45, 2.75) is 20.5 Å². The minimum atomic E-state index is -0.169. The Labute approximate surface area is 172 Å². The largest absolute Gasteiger partial charge is 0.489 e. The Bertz CT molecular complexity index is 1110. The van der Waals surface area contributed by atoms with Crippen LogP contribution in [0, 0.1) is 13.8 Å². The molecule has 0 spiro atoms. The standard InChI is InChI=1S/C22H16Cl2O4/c1-12-7-16(26-11-14-4-6-17(23)18(24)8-14)10-19-21(12)22(25)20(28-19)9-15-5-3-13(2)27-15/h3-10H,11H2,1-2H3/b20-9-. The molecule has 0 aliphatic carbocycles. The highest BCUT2D eigenvalue weighted by Crippen LogP contribution is 2.38. The predicted molar refractivity (Wildman–Crippen MR) is 108 cm³/mol. The maximum absolute atomic E-state index is 12.7. The number of rotatable bonds is 4. The van der Waals surface area contributed by atoms with Gasteiger partial charge in [0.1, 0.15) is 29.6 Å². The van der Waals surface area contributed by atoms with Crippen LogP contribution in [0.4, 0.5) is 0 Å². The van der Waals surface area contributed by atoms with Crippen molar-refractivity contribution < 1.29 is 18.7 Å². The van der Waals surface area contributed by atoms with Crippen LogP contribution in [0.15, 0.2) is 52.6 Å². The van der Waals surface area contributed by atoms with Crippen molar-refractivity contribution in [2.24, 2.45) is 0 Å². The van der Waals surface area contributed by atoms with Crippen LogP contribution in [0.1, 0.15) is 33.0 Å². The van der Waals surface area contributed by atoms with Crippen molar-refractivity contribution in [1.82, 2.24) is 0 Å². The molecular formula is C22H16Cl2O4. The molecule has 3 aromatic rings. The molecule has 0 N–H and O–H groups in total. The Hall–Kier alpha value is -2.69. The van der Waals surface area contributed by atoms with Crippen molar-refractivity contribution in [3.63, 3.8) is 0 Å². The fourth-order valence-corrected chi connectivity index (χ4v) is 3.34. The van der Waals surface area contributed by atoms with Crippen LogP contribution >= 0.6 is 23.2 Å². The molecule has 0 saturated heterocycles. The van der Waals surface area contributed by atoms with E-state index >= 15 is 0 Å². The molecule has 0 unspecified atom stereocenters. The number of carbonyl (C=O) groups is 1. The number of hydrogen-bond acceptors (Lipinski definition) is 4. The summed E-state index contributed by atoms with van der Waals surface area (Å²) < 4.78 is 17.1. The van der Waals surface area contributed by atoms with Gasteiger partial charge < -0.3 is 13.9 Å². The molecular weight excluding hydrogens is 399 g/mol. The Kier molecular flexibility index (Phi) is 4.92. The number of hydrogen-bond donors (Lipinski definition) is 0. The molecule has 6 heteroatoms. The van der Waals surface area contributed by atoms with Gasteiger partial charge in [-0.3, -0.25) is 4.79 Å². The third-order valence-electron chi connectivity index (χ3n) is 4.37. The van der Waals surface area contributed by atoms with Crippen LogP contribution in [0.5, 0.6) is 11.5 Å². The van der Waals surface area contributed by atoms with Crippen LogP contribution in [-0.2, 0) is 6.61 Å². The minimum absolute atomic E-state index is 0.169. The Morgan fingerprint density at radius 3 is 2.57 bits per heavy atom. The second-order valence-electron chi connectivity index (χ2n) is 6.54. The first-order valence-corrected chi connectivity index (χ1v) is 9.38. The van der Waals surface area contributed by atoms with Gasteiger partial charge in [-0.2, -0.15) is 0 Å². The zero-order chi connectivity index (χ0) is 19.8. The fourth-order valence-electron chi connectivity index (χ4n) is 3.02. The molecule has 4 rings (SSSR count). The number of Topliss-reactive ketones (excluding diaryl/α,β-unsaturated/α-hetero) is 1. The monoisotopic (exact) mass is 414 g/mol. The summed E-state index contributed by atoms with van der Waals surface area (Å²) in [7, 11) is 0. The van der Waals surface area contributed by atoms with Gasteiger partial charge in [0.15, 0.2) is 5.76 Å². The summed E-state index contributed by atoms with van der Waals surface area (Å²) >= 11 is 12.0. The third kappa shape index (κ3) is 3.66. The van der Waals surface area contributed by atoms with Gasteiger partial charge in [-0.05, 0) is 55.3 Å². The Morgan fingerprint density at radius 2 is 1.86 bits per heavy atom. The number of benzene rings is 2. The molecule has 2 aromatic carbocycles. The van der Waals surface area contributed by atoms with E-state index in [1.807, 2.05) is 32.0 Å². The van der Waals surface area contributed by atoms with Gasteiger partial charge in [0.05, 0.1) is 15.6 Å². The number of ether oxygens (including phenoxy) is 2. The Morgan fingerprint density at radius 1 is 1.04 bits per heavy atom. The third-order valence-corrected chi connectivity index (χ3v) is 5.11. The lowest BCUT2D eigenvalue weighted by Gasteiger charge is -2.10. The van der Waals surface area contributed by atoms with Crippen LogP contribution < -0.4 is 9.47 Å². The lowest BCUT2D eigenvalue weighted by molar-refractivity contribution is 0.101. The van der Waals surface area contributed by atoms with Crippen molar-refractivity contribution >= 4 is 35.1 Å². The molecule has 0 atom stereocenters. The molecule has 0 saturated carbocycles. The summed E-state index contributed by atoms with van der Waals surface area (Å²) in [6, 6.07) is 12.5. The molecule has 1 aliphatic rings. The first-order chi connectivity index (χ1) is 13.4. The molecule has 0 amide bonds. The van der Waals surface area contributed by atoms with Crippen LogP contribution in [-0.4, -0.2) is 5.78 Å². The van der Waals surface area contributed by atoms with E-state index in [2.05, 4.69) is 0 Å². The lowest BCUT2D eigenvalue weighted by atomic mass is 10.0. The molecule has 1 aromatic heterocycles. The smallest absolute Gasteiger partial charge is 0.232 e. The molecule has 4 nitrogen and oxygen atoms in total. The maximum Gasteiger partial charge on any atom is 0.232 e. The summed E-state index contributed by atoms with van der Waals surface area (Å²) in [5.74, 6) is 2.48. The highest BCUT2D eigenvalue weighted by atomic mass is 35.5. The number of carbonyl (C=O) groups excluding carboxylic acids is 1. The summed E-state index contributed by atoms with van der Waals surface area (Å²) in [5.41, 5.74) is 2.21. The number of aryl methyl sites for hydroxylation is 2. The number of ketones is 1. The number of halogens is 2. The predicted octanol–water partition coefficient (Wildman–Crippen LogP) is 6.40. The molecule has 1 aliphatic heterocycles. The van der Waals surface area contributed by atoms with Gasteiger partial charge in [0.25, 0.3) is 0 Å². The van der Waals surface area contributed by atoms with E-state index in [1.54, 1.807) is 30.3 Å². The second-order valence-corrected chi connectivity index (χ2v) is 7.35. The lowest BCUT2D eigenvalue weighted by Crippen LogP contribution is -2.00. The van der Waals surface area contributed by atoms with Gasteiger partial charge in [-0.15, -0.1) is 0 Å². The van der Waals surface area contributed by atoms with Crippen molar-refractivity contribution in [1.29, 1.82) is 0 Å². The van der Waals surface area contributed by atoms with E-state index in [9.17, 15) is 4.79 Å². The number of fused-ring (bicyclic) bond motifs is 1. The highest BCUT2D eigenvalue weighted by Gasteiger charge is 2.30. The average Bonchev–Trinajstić information content (AvgIpc) is 3.20. The Balaban J connectivity index is 1.56. The highest BCUT2D eigenvalue weighted by molar-refractivity contribution is 6.42. The number of furan rings is 1. The van der Waals surface area contributed by atoms with E-state index in [0.717, 1.165) is 16.9 Å². The van der Waals surface area contributed by atoms with E-state index in [4.69, 9.17) is 37.1 Å².